The summed E-state index contributed by atoms with van der Waals surface area (Å²) in [5.41, 5.74) is 2.58. The maximum Gasteiger partial charge on any atom is 0.0693 e. The summed E-state index contributed by atoms with van der Waals surface area (Å²) < 4.78 is 5.67. The van der Waals surface area contributed by atoms with E-state index in [0.29, 0.717) is 0 Å². The number of nitriles is 1. The number of rotatable bonds is 7. The highest BCUT2D eigenvalue weighted by Gasteiger charge is 2.36. The van der Waals surface area contributed by atoms with E-state index in [9.17, 15) is 5.26 Å². The number of nitrogens with zero attached hydrogens (tertiary/aromatic N) is 1. The van der Waals surface area contributed by atoms with Gasteiger partial charge in [0, 0.05) is 6.61 Å². The van der Waals surface area contributed by atoms with Crippen molar-refractivity contribution in [3.05, 3.63) is 35.4 Å². The van der Waals surface area contributed by atoms with Gasteiger partial charge >= 0.3 is 0 Å². The summed E-state index contributed by atoms with van der Waals surface area (Å²) in [7, 11) is 0. The van der Waals surface area contributed by atoms with E-state index in [1.807, 2.05) is 0 Å². The van der Waals surface area contributed by atoms with Gasteiger partial charge in [-0.15, -0.1) is 0 Å². The molecule has 3 rings (SSSR count). The number of hydrogen-bond donors (Lipinski definition) is 0. The molecule has 0 unspecified atom stereocenters. The standard InChI is InChI=1S/C18H23NO/c19-14-18(9-1-10-18)12-16-4-2-15(3-5-16)8-11-20-13-17-6-7-17/h2-5,17H,1,6-13H2. The SMILES string of the molecule is N#CC1(Cc2ccc(CCOCC3CC3)cc2)CCC1. The van der Waals surface area contributed by atoms with E-state index in [-0.39, 0.29) is 5.41 Å². The van der Waals surface area contributed by atoms with Crippen LogP contribution >= 0.6 is 0 Å². The second kappa shape index (κ2) is 5.97. The van der Waals surface area contributed by atoms with Crippen LogP contribution in [0.15, 0.2) is 24.3 Å². The van der Waals surface area contributed by atoms with Gasteiger partial charge in [-0.1, -0.05) is 30.7 Å². The summed E-state index contributed by atoms with van der Waals surface area (Å²) in [6, 6.07) is 11.3. The van der Waals surface area contributed by atoms with Gasteiger partial charge in [0.05, 0.1) is 18.1 Å². The van der Waals surface area contributed by atoms with Crippen molar-refractivity contribution in [1.82, 2.24) is 0 Å². The lowest BCUT2D eigenvalue weighted by molar-refractivity contribution is 0.127. The Balaban J connectivity index is 1.45. The van der Waals surface area contributed by atoms with E-state index in [0.717, 1.165) is 44.8 Å². The quantitative estimate of drug-likeness (QED) is 0.703. The molecule has 0 aliphatic heterocycles. The Hall–Kier alpha value is -1.33. The first kappa shape index (κ1) is 13.6. The molecule has 106 valence electrons. The molecule has 2 fully saturated rings. The summed E-state index contributed by atoms with van der Waals surface area (Å²) in [4.78, 5) is 0. The van der Waals surface area contributed by atoms with E-state index in [1.54, 1.807) is 0 Å². The summed E-state index contributed by atoms with van der Waals surface area (Å²) >= 11 is 0. The van der Waals surface area contributed by atoms with Gasteiger partial charge in [0.15, 0.2) is 0 Å². The van der Waals surface area contributed by atoms with E-state index in [1.165, 1.54) is 30.4 Å². The first-order valence-corrected chi connectivity index (χ1v) is 7.86. The van der Waals surface area contributed by atoms with Crippen LogP contribution in [0.2, 0.25) is 0 Å². The molecule has 0 aromatic heterocycles. The molecule has 2 aliphatic carbocycles. The molecule has 0 atom stereocenters. The first-order chi connectivity index (χ1) is 9.80. The highest BCUT2D eigenvalue weighted by atomic mass is 16.5. The predicted molar refractivity (Wildman–Crippen MR) is 79.3 cm³/mol. The van der Waals surface area contributed by atoms with Crippen LogP contribution in [0.1, 0.15) is 43.2 Å². The van der Waals surface area contributed by atoms with E-state index >= 15 is 0 Å². The summed E-state index contributed by atoms with van der Waals surface area (Å²) in [6.45, 7) is 1.78. The maximum absolute atomic E-state index is 9.28. The Bertz CT molecular complexity index is 477. The lowest BCUT2D eigenvalue weighted by Crippen LogP contribution is -2.29. The smallest absolute Gasteiger partial charge is 0.0693 e. The van der Waals surface area contributed by atoms with Crippen molar-refractivity contribution in [3.63, 3.8) is 0 Å². The van der Waals surface area contributed by atoms with Gasteiger partial charge in [0.1, 0.15) is 0 Å². The third-order valence-electron chi connectivity index (χ3n) is 4.70. The van der Waals surface area contributed by atoms with Gasteiger partial charge in [-0.2, -0.15) is 5.26 Å². The summed E-state index contributed by atoms with van der Waals surface area (Å²) in [5.74, 6) is 0.849. The minimum Gasteiger partial charge on any atom is -0.381 e. The van der Waals surface area contributed by atoms with Crippen LogP contribution in [0.4, 0.5) is 0 Å². The number of hydrogen-bond acceptors (Lipinski definition) is 2. The third-order valence-corrected chi connectivity index (χ3v) is 4.70. The topological polar surface area (TPSA) is 33.0 Å². The Kier molecular flexibility index (Phi) is 4.08. The number of benzene rings is 1. The average Bonchev–Trinajstić information content (AvgIpc) is 3.25. The average molecular weight is 269 g/mol. The summed E-state index contributed by atoms with van der Waals surface area (Å²) in [6.07, 6.45) is 7.98. The molecule has 2 aliphatic rings. The maximum atomic E-state index is 9.28. The Morgan fingerprint density at radius 3 is 2.40 bits per heavy atom. The fraction of sp³-hybridized carbons (Fsp3) is 0.611. The van der Waals surface area contributed by atoms with Crippen molar-refractivity contribution in [2.24, 2.45) is 11.3 Å². The van der Waals surface area contributed by atoms with Crippen LogP contribution in [0.25, 0.3) is 0 Å². The van der Waals surface area contributed by atoms with Crippen molar-refractivity contribution >= 4 is 0 Å². The van der Waals surface area contributed by atoms with E-state index in [2.05, 4.69) is 30.3 Å². The Morgan fingerprint density at radius 2 is 1.85 bits per heavy atom. The molecule has 2 nitrogen and oxygen atoms in total. The highest BCUT2D eigenvalue weighted by Crippen LogP contribution is 2.42. The first-order valence-electron chi connectivity index (χ1n) is 7.86. The largest absolute Gasteiger partial charge is 0.381 e. The van der Waals surface area contributed by atoms with Crippen LogP contribution in [0.3, 0.4) is 0 Å². The van der Waals surface area contributed by atoms with Crippen molar-refractivity contribution in [2.75, 3.05) is 13.2 Å². The zero-order valence-corrected chi connectivity index (χ0v) is 12.1. The molecule has 0 amide bonds. The molecule has 1 aromatic carbocycles. The molecular formula is C18H23NO. The van der Waals surface area contributed by atoms with Crippen molar-refractivity contribution < 1.29 is 4.74 Å². The van der Waals surface area contributed by atoms with Crippen LogP contribution in [0.5, 0.6) is 0 Å². The van der Waals surface area contributed by atoms with Gasteiger partial charge in [-0.25, -0.2) is 0 Å². The molecule has 2 saturated carbocycles. The van der Waals surface area contributed by atoms with Crippen LogP contribution in [-0.2, 0) is 17.6 Å². The second-order valence-corrected chi connectivity index (χ2v) is 6.51. The fourth-order valence-corrected chi connectivity index (χ4v) is 2.87. The molecule has 0 spiro atoms. The molecule has 0 saturated heterocycles. The molecule has 0 radical (unpaired) electrons. The van der Waals surface area contributed by atoms with Crippen molar-refractivity contribution in [1.29, 1.82) is 5.26 Å². The van der Waals surface area contributed by atoms with Crippen molar-refractivity contribution in [2.45, 2.75) is 44.9 Å². The van der Waals surface area contributed by atoms with Crippen LogP contribution in [0, 0.1) is 22.7 Å². The van der Waals surface area contributed by atoms with Gasteiger partial charge in [-0.05, 0) is 55.6 Å². The highest BCUT2D eigenvalue weighted by molar-refractivity contribution is 5.26. The lowest BCUT2D eigenvalue weighted by atomic mass is 9.66. The molecule has 20 heavy (non-hydrogen) atoms. The monoisotopic (exact) mass is 269 g/mol. The van der Waals surface area contributed by atoms with Crippen LogP contribution in [-0.4, -0.2) is 13.2 Å². The zero-order chi connectivity index (χ0) is 13.8. The molecule has 2 heteroatoms. The molecular weight excluding hydrogens is 246 g/mol. The minimum absolute atomic E-state index is 0.0606. The van der Waals surface area contributed by atoms with Gasteiger partial charge < -0.3 is 4.74 Å². The third kappa shape index (κ3) is 3.41. The normalized spacial score (nSPS) is 20.1. The Labute approximate surface area is 121 Å². The minimum atomic E-state index is -0.0606. The zero-order valence-electron chi connectivity index (χ0n) is 12.1. The summed E-state index contributed by atoms with van der Waals surface area (Å²) in [5, 5.41) is 9.28. The van der Waals surface area contributed by atoms with Gasteiger partial charge in [0.25, 0.3) is 0 Å². The fourth-order valence-electron chi connectivity index (χ4n) is 2.87. The molecule has 0 heterocycles. The predicted octanol–water partition coefficient (Wildman–Crippen LogP) is 3.89. The molecule has 1 aromatic rings. The molecule has 0 bridgehead atoms. The van der Waals surface area contributed by atoms with Gasteiger partial charge in [-0.3, -0.25) is 0 Å². The van der Waals surface area contributed by atoms with Crippen molar-refractivity contribution in [3.8, 4) is 6.07 Å². The van der Waals surface area contributed by atoms with Crippen LogP contribution < -0.4 is 0 Å². The van der Waals surface area contributed by atoms with Gasteiger partial charge in [0.2, 0.25) is 0 Å². The second-order valence-electron chi connectivity index (χ2n) is 6.51. The molecule has 0 N–H and O–H groups in total. The lowest BCUT2D eigenvalue weighted by Gasteiger charge is -2.35. The Morgan fingerprint density at radius 1 is 1.15 bits per heavy atom. The van der Waals surface area contributed by atoms with E-state index in [4.69, 9.17) is 4.74 Å². The van der Waals surface area contributed by atoms with E-state index < -0.39 is 0 Å². The number of ether oxygens (including phenoxy) is 1.